The van der Waals surface area contributed by atoms with Crippen LogP contribution < -0.4 is 10.6 Å². The first-order valence-electron chi connectivity index (χ1n) is 11.1. The van der Waals surface area contributed by atoms with E-state index in [2.05, 4.69) is 26.6 Å². The van der Waals surface area contributed by atoms with Crippen LogP contribution in [0.2, 0.25) is 0 Å². The molecule has 0 aliphatic carbocycles. The van der Waals surface area contributed by atoms with E-state index in [-0.39, 0.29) is 41.0 Å². The highest BCUT2D eigenvalue weighted by Crippen LogP contribution is 2.67. The number of β-amino-alcohol motifs (C(OH)–C–C–N with tert-alkyl or cyclic N) is 1. The zero-order valence-electron chi connectivity index (χ0n) is 18.6. The number of carbonyl (C=O) groups is 3. The number of aryl methyl sites for hydroxylation is 2. The fourth-order valence-corrected chi connectivity index (χ4v) is 9.13. The predicted octanol–water partition coefficient (Wildman–Crippen LogP) is 2.23. The molecule has 3 fully saturated rings. The fraction of sp³-hybridized carbons (Fsp3) is 0.609. The molecule has 9 heteroatoms. The summed E-state index contributed by atoms with van der Waals surface area (Å²) in [6, 6.07) is 5.12. The number of amides is 3. The van der Waals surface area contributed by atoms with Crippen molar-refractivity contribution in [2.45, 2.75) is 54.5 Å². The first-order valence-corrected chi connectivity index (χ1v) is 12.9. The average Bonchev–Trinajstić information content (AvgIpc) is 3.33. The summed E-state index contributed by atoms with van der Waals surface area (Å²) in [5.41, 5.74) is 2.69. The van der Waals surface area contributed by atoms with Gasteiger partial charge < -0.3 is 20.6 Å². The zero-order valence-corrected chi connectivity index (χ0v) is 21.0. The van der Waals surface area contributed by atoms with Crippen molar-refractivity contribution in [2.75, 3.05) is 25.0 Å². The summed E-state index contributed by atoms with van der Waals surface area (Å²) in [7, 11) is 0. The summed E-state index contributed by atoms with van der Waals surface area (Å²) in [4.78, 5) is 41.9. The summed E-state index contributed by atoms with van der Waals surface area (Å²) < 4.78 is -0.693. The third kappa shape index (κ3) is 3.66. The first kappa shape index (κ1) is 23.6. The topological polar surface area (TPSA) is 98.7 Å². The van der Waals surface area contributed by atoms with Gasteiger partial charge in [0.15, 0.2) is 0 Å². The highest BCUT2D eigenvalue weighted by atomic mass is 79.9. The molecule has 32 heavy (non-hydrogen) atoms. The normalized spacial score (nSPS) is 32.8. The van der Waals surface area contributed by atoms with Crippen molar-refractivity contribution in [1.82, 2.24) is 10.2 Å². The number of benzene rings is 1. The van der Waals surface area contributed by atoms with Gasteiger partial charge in [0, 0.05) is 28.9 Å². The summed E-state index contributed by atoms with van der Waals surface area (Å²) in [5.74, 6) is -1.63. The van der Waals surface area contributed by atoms with Gasteiger partial charge in [-0.3, -0.25) is 14.4 Å². The maximum Gasteiger partial charge on any atom is 0.248 e. The van der Waals surface area contributed by atoms with E-state index >= 15 is 0 Å². The number of anilines is 1. The fourth-order valence-electron chi connectivity index (χ4n) is 5.52. The van der Waals surface area contributed by atoms with Crippen molar-refractivity contribution < 1.29 is 19.5 Å². The van der Waals surface area contributed by atoms with Crippen LogP contribution in [0.1, 0.15) is 30.9 Å². The SMILES string of the molecule is CCCNC(=O)[C@H]1[C@@H]2SC3(CC2Br)C(C(=O)Nc2cc(C)ccc2C)N(CCO)C(=O)[C@H]13. The number of aliphatic hydroxyl groups is 1. The maximum atomic E-state index is 13.7. The van der Waals surface area contributed by atoms with Gasteiger partial charge in [0.05, 0.1) is 23.2 Å². The van der Waals surface area contributed by atoms with E-state index in [0.29, 0.717) is 13.0 Å². The third-order valence-electron chi connectivity index (χ3n) is 6.88. The van der Waals surface area contributed by atoms with Crippen molar-refractivity contribution >= 4 is 51.1 Å². The van der Waals surface area contributed by atoms with E-state index in [1.165, 1.54) is 4.90 Å². The lowest BCUT2D eigenvalue weighted by molar-refractivity contribution is -0.139. The second-order valence-corrected chi connectivity index (χ2v) is 11.7. The van der Waals surface area contributed by atoms with Crippen LogP contribution in [0.25, 0.3) is 0 Å². The van der Waals surface area contributed by atoms with Gasteiger partial charge in [0.2, 0.25) is 17.7 Å². The molecule has 3 amide bonds. The summed E-state index contributed by atoms with van der Waals surface area (Å²) in [5, 5.41) is 15.6. The molecule has 3 unspecified atom stereocenters. The van der Waals surface area contributed by atoms with Crippen molar-refractivity contribution in [3.8, 4) is 0 Å². The minimum absolute atomic E-state index is 0.0407. The lowest BCUT2D eigenvalue weighted by Crippen LogP contribution is -2.53. The second-order valence-electron chi connectivity index (χ2n) is 9.02. The van der Waals surface area contributed by atoms with Gasteiger partial charge in [0.1, 0.15) is 6.04 Å². The Labute approximate surface area is 201 Å². The Hall–Kier alpha value is -1.58. The van der Waals surface area contributed by atoms with Crippen molar-refractivity contribution in [2.24, 2.45) is 11.8 Å². The smallest absolute Gasteiger partial charge is 0.248 e. The molecule has 1 aromatic rings. The molecular formula is C23H30BrN3O4S. The average molecular weight is 524 g/mol. The van der Waals surface area contributed by atoms with Gasteiger partial charge >= 0.3 is 0 Å². The highest BCUT2D eigenvalue weighted by Gasteiger charge is 2.75. The lowest BCUT2D eigenvalue weighted by Gasteiger charge is -2.35. The number of likely N-dealkylation sites (tertiary alicyclic amines) is 1. The Morgan fingerprint density at radius 2 is 2.06 bits per heavy atom. The first-order chi connectivity index (χ1) is 15.2. The molecule has 3 heterocycles. The van der Waals surface area contributed by atoms with E-state index in [9.17, 15) is 19.5 Å². The van der Waals surface area contributed by atoms with Crippen LogP contribution in [0, 0.1) is 25.7 Å². The standard InChI is InChI=1S/C23H30BrN3O4S/c1-4-7-25-20(29)16-17-22(31)27(8-9-28)19(23(17)11-14(24)18(16)32-23)21(30)26-15-10-12(2)5-6-13(15)3/h5-6,10,14,16-19,28H,4,7-9,11H2,1-3H3,(H,25,29)(H,26,30)/t14?,16-,17+,18-,19?,23?/m1/s1. The Kier molecular flexibility index (Phi) is 6.62. The van der Waals surface area contributed by atoms with Crippen LogP contribution in [0.5, 0.6) is 0 Å². The van der Waals surface area contributed by atoms with Crippen LogP contribution in [-0.4, -0.2) is 68.3 Å². The highest BCUT2D eigenvalue weighted by molar-refractivity contribution is 9.09. The number of rotatable bonds is 7. The molecule has 3 aliphatic rings. The monoisotopic (exact) mass is 523 g/mol. The van der Waals surface area contributed by atoms with Gasteiger partial charge in [-0.1, -0.05) is 35.0 Å². The molecule has 1 aromatic carbocycles. The van der Waals surface area contributed by atoms with E-state index in [0.717, 1.165) is 23.2 Å². The molecule has 3 aliphatic heterocycles. The molecule has 7 nitrogen and oxygen atoms in total. The van der Waals surface area contributed by atoms with Gasteiger partial charge in [-0.2, -0.15) is 0 Å². The predicted molar refractivity (Wildman–Crippen MR) is 129 cm³/mol. The minimum Gasteiger partial charge on any atom is -0.395 e. The Balaban J connectivity index is 1.70. The van der Waals surface area contributed by atoms with Gasteiger partial charge in [0.25, 0.3) is 0 Å². The molecule has 0 aromatic heterocycles. The number of alkyl halides is 1. The van der Waals surface area contributed by atoms with Gasteiger partial charge in [-0.05, 0) is 43.9 Å². The van der Waals surface area contributed by atoms with E-state index in [1.54, 1.807) is 11.8 Å². The van der Waals surface area contributed by atoms with Gasteiger partial charge in [-0.25, -0.2) is 0 Å². The number of thioether (sulfide) groups is 1. The minimum atomic E-state index is -0.744. The number of hydrogen-bond acceptors (Lipinski definition) is 5. The van der Waals surface area contributed by atoms with E-state index in [1.807, 2.05) is 39.0 Å². The van der Waals surface area contributed by atoms with E-state index < -0.39 is 22.6 Å². The number of halogens is 1. The molecule has 3 saturated heterocycles. The van der Waals surface area contributed by atoms with Crippen molar-refractivity contribution in [3.05, 3.63) is 29.3 Å². The van der Waals surface area contributed by atoms with Gasteiger partial charge in [-0.15, -0.1) is 11.8 Å². The Morgan fingerprint density at radius 3 is 2.75 bits per heavy atom. The van der Waals surface area contributed by atoms with Crippen LogP contribution in [0.4, 0.5) is 5.69 Å². The lowest BCUT2D eigenvalue weighted by atomic mass is 9.70. The van der Waals surface area contributed by atoms with Crippen LogP contribution in [0.15, 0.2) is 18.2 Å². The molecule has 0 saturated carbocycles. The van der Waals surface area contributed by atoms with Crippen LogP contribution in [-0.2, 0) is 14.4 Å². The summed E-state index contributed by atoms with van der Waals surface area (Å²) in [6.45, 7) is 6.28. The molecule has 3 N–H and O–H groups in total. The Bertz CT molecular complexity index is 944. The van der Waals surface area contributed by atoms with Crippen molar-refractivity contribution in [3.63, 3.8) is 0 Å². The van der Waals surface area contributed by atoms with E-state index in [4.69, 9.17) is 0 Å². The quantitative estimate of drug-likeness (QED) is 0.476. The number of fused-ring (bicyclic) bond motifs is 1. The second kappa shape index (κ2) is 8.99. The molecule has 1 spiro atoms. The molecule has 4 rings (SSSR count). The van der Waals surface area contributed by atoms with Crippen LogP contribution in [0.3, 0.4) is 0 Å². The molecule has 174 valence electrons. The van der Waals surface area contributed by atoms with Crippen LogP contribution >= 0.6 is 27.7 Å². The largest absolute Gasteiger partial charge is 0.395 e. The van der Waals surface area contributed by atoms with Crippen molar-refractivity contribution in [1.29, 1.82) is 0 Å². The summed E-state index contributed by atoms with van der Waals surface area (Å²) in [6.07, 6.45) is 1.44. The number of hydrogen-bond donors (Lipinski definition) is 3. The number of nitrogens with zero attached hydrogens (tertiary/aromatic N) is 1. The number of aliphatic hydroxyl groups excluding tert-OH is 1. The molecule has 2 bridgehead atoms. The number of nitrogens with one attached hydrogen (secondary N) is 2. The maximum absolute atomic E-state index is 13.7. The number of carbonyl (C=O) groups excluding carboxylic acids is 3. The molecule has 6 atom stereocenters. The molecule has 0 radical (unpaired) electrons. The third-order valence-corrected chi connectivity index (χ3v) is 10.1. The molecular weight excluding hydrogens is 494 g/mol. The summed E-state index contributed by atoms with van der Waals surface area (Å²) >= 11 is 5.34. The zero-order chi connectivity index (χ0) is 23.2. The Morgan fingerprint density at radius 1 is 1.31 bits per heavy atom.